The third kappa shape index (κ3) is 1.13. The lowest BCUT2D eigenvalue weighted by Gasteiger charge is -2.18. The number of ketones is 1. The number of hydrogen-bond donors (Lipinski definition) is 0. The van der Waals surface area contributed by atoms with Gasteiger partial charge in [-0.2, -0.15) is 0 Å². The topological polar surface area (TPSA) is 17.1 Å². The molecule has 0 saturated heterocycles. The van der Waals surface area contributed by atoms with Crippen molar-refractivity contribution >= 4 is 5.78 Å². The van der Waals surface area contributed by atoms with Crippen LogP contribution < -0.4 is 0 Å². The molecule has 0 heterocycles. The highest BCUT2D eigenvalue weighted by Crippen LogP contribution is 2.51. The van der Waals surface area contributed by atoms with E-state index in [0.29, 0.717) is 11.7 Å². The molecule has 0 unspecified atom stereocenters. The first-order chi connectivity index (χ1) is 5.33. The molecule has 1 nitrogen and oxygen atoms in total. The molecule has 2 aliphatic carbocycles. The van der Waals surface area contributed by atoms with E-state index in [-0.39, 0.29) is 0 Å². The first kappa shape index (κ1) is 7.08. The first-order valence-electron chi connectivity index (χ1n) is 4.46. The molecule has 0 aromatic carbocycles. The summed E-state index contributed by atoms with van der Waals surface area (Å²) in [6.45, 7) is 3.74. The summed E-state index contributed by atoms with van der Waals surface area (Å²) in [5.74, 6) is 2.52. The molecule has 0 amide bonds. The Bertz CT molecular complexity index is 195. The summed E-state index contributed by atoms with van der Waals surface area (Å²) < 4.78 is 0. The fourth-order valence-corrected chi connectivity index (χ4v) is 2.34. The second-order valence-electron chi connectivity index (χ2n) is 3.80. The summed E-state index contributed by atoms with van der Waals surface area (Å²) in [5.41, 5.74) is 0. The SMILES string of the molecule is C=CC[C@@H]1CCC(=O)[C@@H]2C[C@H]12. The monoisotopic (exact) mass is 150 g/mol. The van der Waals surface area contributed by atoms with Crippen LogP contribution in [0.2, 0.25) is 0 Å². The zero-order valence-corrected chi connectivity index (χ0v) is 6.75. The van der Waals surface area contributed by atoms with Crippen molar-refractivity contribution in [3.63, 3.8) is 0 Å². The molecule has 3 atom stereocenters. The number of carbonyl (C=O) groups is 1. The van der Waals surface area contributed by atoms with E-state index >= 15 is 0 Å². The lowest BCUT2D eigenvalue weighted by Crippen LogP contribution is -2.16. The number of allylic oxidation sites excluding steroid dienone is 1. The Balaban J connectivity index is 1.97. The molecular weight excluding hydrogens is 136 g/mol. The standard InChI is InChI=1S/C10H14O/c1-2-3-7-4-5-10(11)9-6-8(7)9/h2,7-9H,1,3-6H2/t7-,8-,9-/m1/s1. The van der Waals surface area contributed by atoms with Gasteiger partial charge in [-0.25, -0.2) is 0 Å². The summed E-state index contributed by atoms with van der Waals surface area (Å²) >= 11 is 0. The van der Waals surface area contributed by atoms with Crippen LogP contribution >= 0.6 is 0 Å². The van der Waals surface area contributed by atoms with E-state index in [0.717, 1.165) is 31.1 Å². The minimum atomic E-state index is 0.466. The fraction of sp³-hybridized carbons (Fsp3) is 0.700. The number of fused-ring (bicyclic) bond motifs is 1. The van der Waals surface area contributed by atoms with Crippen molar-refractivity contribution in [3.05, 3.63) is 12.7 Å². The molecule has 0 N–H and O–H groups in total. The normalized spacial score (nSPS) is 41.5. The highest BCUT2D eigenvalue weighted by Gasteiger charge is 2.49. The van der Waals surface area contributed by atoms with Gasteiger partial charge in [0.2, 0.25) is 0 Å². The van der Waals surface area contributed by atoms with Gasteiger partial charge >= 0.3 is 0 Å². The van der Waals surface area contributed by atoms with Gasteiger partial charge in [0, 0.05) is 12.3 Å². The number of Topliss-reactive ketones (excluding diaryl/α,β-unsaturated/α-hetero) is 1. The van der Waals surface area contributed by atoms with Gasteiger partial charge in [0.15, 0.2) is 0 Å². The van der Waals surface area contributed by atoms with Gasteiger partial charge < -0.3 is 0 Å². The van der Waals surface area contributed by atoms with Crippen molar-refractivity contribution in [1.82, 2.24) is 0 Å². The Morgan fingerprint density at radius 2 is 2.45 bits per heavy atom. The molecule has 60 valence electrons. The molecule has 2 fully saturated rings. The van der Waals surface area contributed by atoms with Crippen LogP contribution in [0.15, 0.2) is 12.7 Å². The van der Waals surface area contributed by atoms with Gasteiger partial charge in [-0.1, -0.05) is 6.08 Å². The van der Waals surface area contributed by atoms with E-state index in [1.54, 1.807) is 0 Å². The maximum atomic E-state index is 11.2. The Morgan fingerprint density at radius 1 is 1.64 bits per heavy atom. The third-order valence-corrected chi connectivity index (χ3v) is 3.09. The van der Waals surface area contributed by atoms with Gasteiger partial charge in [-0.05, 0) is 31.1 Å². The Morgan fingerprint density at radius 3 is 3.18 bits per heavy atom. The molecule has 11 heavy (non-hydrogen) atoms. The molecule has 0 aromatic rings. The van der Waals surface area contributed by atoms with Crippen LogP contribution in [0.4, 0.5) is 0 Å². The van der Waals surface area contributed by atoms with Crippen LogP contribution in [-0.2, 0) is 4.79 Å². The van der Waals surface area contributed by atoms with E-state index in [9.17, 15) is 4.79 Å². The molecular formula is C10H14O. The second-order valence-corrected chi connectivity index (χ2v) is 3.80. The summed E-state index contributed by atoms with van der Waals surface area (Å²) in [5, 5.41) is 0. The summed E-state index contributed by atoms with van der Waals surface area (Å²) in [4.78, 5) is 11.2. The molecule has 0 spiro atoms. The average Bonchev–Trinajstić information content (AvgIpc) is 2.75. The zero-order chi connectivity index (χ0) is 7.84. The Kier molecular flexibility index (Phi) is 1.59. The van der Waals surface area contributed by atoms with Crippen molar-refractivity contribution in [2.75, 3.05) is 0 Å². The molecule has 2 aliphatic rings. The van der Waals surface area contributed by atoms with Crippen molar-refractivity contribution in [2.24, 2.45) is 17.8 Å². The minimum absolute atomic E-state index is 0.466. The van der Waals surface area contributed by atoms with Gasteiger partial charge in [0.25, 0.3) is 0 Å². The maximum absolute atomic E-state index is 11.2. The van der Waals surface area contributed by atoms with Crippen LogP contribution in [-0.4, -0.2) is 5.78 Å². The lowest BCUT2D eigenvalue weighted by atomic mass is 9.86. The van der Waals surface area contributed by atoms with E-state index in [1.807, 2.05) is 6.08 Å². The third-order valence-electron chi connectivity index (χ3n) is 3.09. The van der Waals surface area contributed by atoms with Crippen LogP contribution in [0.1, 0.15) is 25.7 Å². The van der Waals surface area contributed by atoms with E-state index in [4.69, 9.17) is 0 Å². The summed E-state index contributed by atoms with van der Waals surface area (Å²) in [6, 6.07) is 0. The van der Waals surface area contributed by atoms with E-state index in [2.05, 4.69) is 6.58 Å². The van der Waals surface area contributed by atoms with Crippen LogP contribution in [0, 0.1) is 17.8 Å². The predicted octanol–water partition coefficient (Wildman–Crippen LogP) is 2.18. The summed E-state index contributed by atoms with van der Waals surface area (Å²) in [6.07, 6.45) is 6.24. The molecule has 0 aromatic heterocycles. The highest BCUT2D eigenvalue weighted by atomic mass is 16.1. The van der Waals surface area contributed by atoms with Gasteiger partial charge in [-0.15, -0.1) is 6.58 Å². The highest BCUT2D eigenvalue weighted by molar-refractivity contribution is 5.84. The molecule has 2 rings (SSSR count). The van der Waals surface area contributed by atoms with Crippen LogP contribution in [0.25, 0.3) is 0 Å². The van der Waals surface area contributed by atoms with Crippen molar-refractivity contribution in [2.45, 2.75) is 25.7 Å². The largest absolute Gasteiger partial charge is 0.299 e. The minimum Gasteiger partial charge on any atom is -0.299 e. The number of carbonyl (C=O) groups excluding carboxylic acids is 1. The Hall–Kier alpha value is -0.590. The lowest BCUT2D eigenvalue weighted by molar-refractivity contribution is -0.122. The molecule has 0 bridgehead atoms. The number of hydrogen-bond acceptors (Lipinski definition) is 1. The average molecular weight is 150 g/mol. The molecule has 2 saturated carbocycles. The number of rotatable bonds is 2. The summed E-state index contributed by atoms with van der Waals surface area (Å²) in [7, 11) is 0. The first-order valence-corrected chi connectivity index (χ1v) is 4.46. The van der Waals surface area contributed by atoms with Gasteiger partial charge in [-0.3, -0.25) is 4.79 Å². The molecule has 1 heteroatoms. The van der Waals surface area contributed by atoms with Crippen molar-refractivity contribution in [3.8, 4) is 0 Å². The van der Waals surface area contributed by atoms with Crippen LogP contribution in [0.5, 0.6) is 0 Å². The smallest absolute Gasteiger partial charge is 0.136 e. The van der Waals surface area contributed by atoms with Gasteiger partial charge in [0.1, 0.15) is 5.78 Å². The quantitative estimate of drug-likeness (QED) is 0.551. The zero-order valence-electron chi connectivity index (χ0n) is 6.75. The van der Waals surface area contributed by atoms with E-state index in [1.165, 1.54) is 6.42 Å². The molecule has 0 radical (unpaired) electrons. The van der Waals surface area contributed by atoms with Crippen molar-refractivity contribution < 1.29 is 4.79 Å². The maximum Gasteiger partial charge on any atom is 0.136 e. The van der Waals surface area contributed by atoms with Gasteiger partial charge in [0.05, 0.1) is 0 Å². The van der Waals surface area contributed by atoms with Crippen molar-refractivity contribution in [1.29, 1.82) is 0 Å². The van der Waals surface area contributed by atoms with E-state index < -0.39 is 0 Å². The predicted molar refractivity (Wildman–Crippen MR) is 44.1 cm³/mol. The Labute approximate surface area is 67.5 Å². The fourth-order valence-electron chi connectivity index (χ4n) is 2.34. The second kappa shape index (κ2) is 2.47. The molecule has 0 aliphatic heterocycles. The van der Waals surface area contributed by atoms with Crippen LogP contribution in [0.3, 0.4) is 0 Å².